The van der Waals surface area contributed by atoms with Crippen LogP contribution in [0.25, 0.3) is 0 Å². The summed E-state index contributed by atoms with van der Waals surface area (Å²) in [6.45, 7) is 2.25. The molecule has 1 aromatic heterocycles. The average molecular weight is 417 g/mol. The van der Waals surface area contributed by atoms with Crippen molar-refractivity contribution in [3.63, 3.8) is 0 Å². The summed E-state index contributed by atoms with van der Waals surface area (Å²) in [5, 5.41) is 6.38. The molecule has 0 aliphatic carbocycles. The molecule has 0 radical (unpaired) electrons. The van der Waals surface area contributed by atoms with Crippen molar-refractivity contribution < 1.29 is 18.8 Å². The Morgan fingerprint density at radius 3 is 2.68 bits per heavy atom. The van der Waals surface area contributed by atoms with Gasteiger partial charge in [-0.3, -0.25) is 4.79 Å². The summed E-state index contributed by atoms with van der Waals surface area (Å²) in [4.78, 5) is 14.6. The molecule has 1 amide bonds. The van der Waals surface area contributed by atoms with E-state index in [0.717, 1.165) is 42.3 Å². The minimum absolute atomic E-state index is 0.0271. The number of methoxy groups -OCH3 is 1. The molecule has 0 fully saturated rings. The van der Waals surface area contributed by atoms with Gasteiger partial charge >= 0.3 is 0 Å². The molecule has 5 rings (SSSR count). The molecule has 158 valence electrons. The number of quaternary nitrogens is 1. The van der Waals surface area contributed by atoms with Crippen molar-refractivity contribution in [1.82, 2.24) is 5.01 Å². The van der Waals surface area contributed by atoms with Gasteiger partial charge in [0.15, 0.2) is 6.54 Å². The van der Waals surface area contributed by atoms with Gasteiger partial charge in [0, 0.05) is 18.4 Å². The third-order valence-electron chi connectivity index (χ3n) is 6.17. The van der Waals surface area contributed by atoms with Crippen LogP contribution in [0.15, 0.2) is 76.4 Å². The largest absolute Gasteiger partial charge is 0.497 e. The van der Waals surface area contributed by atoms with Crippen LogP contribution in [-0.4, -0.2) is 36.8 Å². The molecule has 1 N–H and O–H groups in total. The number of carbonyl (C=O) groups is 1. The summed E-state index contributed by atoms with van der Waals surface area (Å²) in [5.74, 6) is 1.59. The maximum atomic E-state index is 13.3. The molecular formula is C25H26N3O3+. The fourth-order valence-corrected chi connectivity index (χ4v) is 4.49. The van der Waals surface area contributed by atoms with Gasteiger partial charge in [-0.2, -0.15) is 5.10 Å². The maximum absolute atomic E-state index is 13.3. The lowest BCUT2D eigenvalue weighted by Crippen LogP contribution is -3.12. The molecule has 3 aromatic rings. The zero-order valence-electron chi connectivity index (χ0n) is 17.6. The van der Waals surface area contributed by atoms with Gasteiger partial charge in [-0.15, -0.1) is 0 Å². The lowest BCUT2D eigenvalue weighted by molar-refractivity contribution is -0.908. The highest BCUT2D eigenvalue weighted by molar-refractivity contribution is 6.03. The Morgan fingerprint density at radius 2 is 1.94 bits per heavy atom. The van der Waals surface area contributed by atoms with Crippen LogP contribution < -0.4 is 9.64 Å². The van der Waals surface area contributed by atoms with Gasteiger partial charge in [0.2, 0.25) is 0 Å². The van der Waals surface area contributed by atoms with Crippen LogP contribution in [0.3, 0.4) is 0 Å². The number of ether oxygens (including phenoxy) is 1. The lowest BCUT2D eigenvalue weighted by atomic mass is 10.00. The van der Waals surface area contributed by atoms with Crippen LogP contribution in [-0.2, 0) is 17.8 Å². The standard InChI is InChI=1S/C25H25N3O3/c1-30-21-10-8-19(9-11-21)22-15-23(24-7-4-14-31-24)28(26-22)25(29)17-27-13-12-18-5-2-3-6-20(18)16-27/h2-11,14,23H,12-13,15-17H2,1H3/p+1/t23-/m0/s1. The number of furan rings is 1. The Kier molecular flexibility index (Phi) is 5.30. The molecule has 2 aliphatic heterocycles. The zero-order chi connectivity index (χ0) is 21.2. The molecular weight excluding hydrogens is 390 g/mol. The van der Waals surface area contributed by atoms with Crippen LogP contribution in [0.4, 0.5) is 0 Å². The average Bonchev–Trinajstić information content (AvgIpc) is 3.49. The number of hydrazone groups is 1. The highest BCUT2D eigenvalue weighted by atomic mass is 16.5. The van der Waals surface area contributed by atoms with E-state index in [0.29, 0.717) is 13.0 Å². The van der Waals surface area contributed by atoms with E-state index in [1.54, 1.807) is 18.4 Å². The highest BCUT2D eigenvalue weighted by Gasteiger charge is 2.36. The third kappa shape index (κ3) is 3.99. The number of hydrogen-bond acceptors (Lipinski definition) is 4. The van der Waals surface area contributed by atoms with Crippen LogP contribution in [0.1, 0.15) is 34.9 Å². The van der Waals surface area contributed by atoms with Crippen molar-refractivity contribution in [2.75, 3.05) is 20.2 Å². The molecule has 0 bridgehead atoms. The normalized spacial score (nSPS) is 20.3. The van der Waals surface area contributed by atoms with E-state index < -0.39 is 0 Å². The first kappa shape index (κ1) is 19.6. The second-order valence-corrected chi connectivity index (χ2v) is 8.12. The smallest absolute Gasteiger partial charge is 0.298 e. The number of hydrogen-bond donors (Lipinski definition) is 1. The Morgan fingerprint density at radius 1 is 1.13 bits per heavy atom. The second kappa shape index (κ2) is 8.40. The van der Waals surface area contributed by atoms with Crippen LogP contribution in [0.5, 0.6) is 5.75 Å². The van der Waals surface area contributed by atoms with Crippen molar-refractivity contribution in [3.05, 3.63) is 89.4 Å². The van der Waals surface area contributed by atoms with E-state index in [9.17, 15) is 4.79 Å². The predicted molar refractivity (Wildman–Crippen MR) is 117 cm³/mol. The number of rotatable bonds is 5. The van der Waals surface area contributed by atoms with Crippen molar-refractivity contribution in [3.8, 4) is 5.75 Å². The van der Waals surface area contributed by atoms with E-state index in [-0.39, 0.29) is 11.9 Å². The maximum Gasteiger partial charge on any atom is 0.298 e. The van der Waals surface area contributed by atoms with Gasteiger partial charge in [0.25, 0.3) is 5.91 Å². The van der Waals surface area contributed by atoms with Crippen LogP contribution in [0.2, 0.25) is 0 Å². The van der Waals surface area contributed by atoms with Crippen molar-refractivity contribution in [2.24, 2.45) is 5.10 Å². The quantitative estimate of drug-likeness (QED) is 0.696. The van der Waals surface area contributed by atoms with E-state index in [4.69, 9.17) is 14.3 Å². The number of nitrogens with zero attached hydrogens (tertiary/aromatic N) is 2. The minimum atomic E-state index is -0.212. The summed E-state index contributed by atoms with van der Waals surface area (Å²) in [5.41, 5.74) is 4.61. The molecule has 6 nitrogen and oxygen atoms in total. The molecule has 2 aromatic carbocycles. The summed E-state index contributed by atoms with van der Waals surface area (Å²) >= 11 is 0. The monoisotopic (exact) mass is 416 g/mol. The Labute approximate surface area is 181 Å². The molecule has 0 saturated carbocycles. The first-order valence-electron chi connectivity index (χ1n) is 10.7. The molecule has 6 heteroatoms. The van der Waals surface area contributed by atoms with Gasteiger partial charge < -0.3 is 14.1 Å². The SMILES string of the molecule is COc1ccc(C2=NN(C(=O)C[NH+]3CCc4ccccc4C3)[C@H](c3ccco3)C2)cc1. The zero-order valence-corrected chi connectivity index (χ0v) is 17.6. The van der Waals surface area contributed by atoms with Crippen molar-refractivity contribution >= 4 is 11.6 Å². The fourth-order valence-electron chi connectivity index (χ4n) is 4.49. The highest BCUT2D eigenvalue weighted by Crippen LogP contribution is 2.33. The van der Waals surface area contributed by atoms with Gasteiger partial charge in [-0.25, -0.2) is 5.01 Å². The van der Waals surface area contributed by atoms with Gasteiger partial charge in [0.05, 0.1) is 25.6 Å². The second-order valence-electron chi connectivity index (χ2n) is 8.12. The third-order valence-corrected chi connectivity index (χ3v) is 6.17. The summed E-state index contributed by atoms with van der Waals surface area (Å²) in [6, 6.07) is 19.9. The first-order valence-corrected chi connectivity index (χ1v) is 10.7. The first-order chi connectivity index (χ1) is 15.2. The van der Waals surface area contributed by atoms with E-state index >= 15 is 0 Å². The number of amides is 1. The van der Waals surface area contributed by atoms with Gasteiger partial charge in [-0.05, 0) is 47.5 Å². The van der Waals surface area contributed by atoms with E-state index in [2.05, 4.69) is 24.3 Å². The lowest BCUT2D eigenvalue weighted by Gasteiger charge is -2.27. The van der Waals surface area contributed by atoms with E-state index in [1.165, 1.54) is 16.0 Å². The molecule has 2 aliphatic rings. The van der Waals surface area contributed by atoms with Crippen LogP contribution >= 0.6 is 0 Å². The Balaban J connectivity index is 1.36. The van der Waals surface area contributed by atoms with Crippen LogP contribution in [0, 0.1) is 0 Å². The topological polar surface area (TPSA) is 59.5 Å². The Hall–Kier alpha value is -3.38. The Bertz CT molecular complexity index is 1090. The summed E-state index contributed by atoms with van der Waals surface area (Å²) in [7, 11) is 1.65. The van der Waals surface area contributed by atoms with Gasteiger partial charge in [0.1, 0.15) is 24.1 Å². The molecule has 31 heavy (non-hydrogen) atoms. The molecule has 1 unspecified atom stereocenters. The molecule has 0 saturated heterocycles. The number of benzene rings is 2. The van der Waals surface area contributed by atoms with Gasteiger partial charge in [-0.1, -0.05) is 24.3 Å². The molecule has 0 spiro atoms. The minimum Gasteiger partial charge on any atom is -0.497 e. The molecule has 3 heterocycles. The number of fused-ring (bicyclic) bond motifs is 1. The summed E-state index contributed by atoms with van der Waals surface area (Å²) < 4.78 is 10.9. The van der Waals surface area contributed by atoms with Crippen molar-refractivity contribution in [2.45, 2.75) is 25.4 Å². The number of carbonyl (C=O) groups excluding carboxylic acids is 1. The molecule has 2 atom stereocenters. The predicted octanol–water partition coefficient (Wildman–Crippen LogP) is 2.61. The fraction of sp³-hybridized carbons (Fsp3) is 0.280. The number of nitrogens with one attached hydrogen (secondary N) is 1. The van der Waals surface area contributed by atoms with Crippen molar-refractivity contribution in [1.29, 1.82) is 0 Å². The summed E-state index contributed by atoms with van der Waals surface area (Å²) in [6.07, 6.45) is 3.28. The van der Waals surface area contributed by atoms with E-state index in [1.807, 2.05) is 36.4 Å².